The van der Waals surface area contributed by atoms with Crippen molar-refractivity contribution in [2.24, 2.45) is 0 Å². The van der Waals surface area contributed by atoms with E-state index in [0.29, 0.717) is 0 Å². The van der Waals surface area contributed by atoms with Crippen molar-refractivity contribution in [2.75, 3.05) is 0 Å². The van der Waals surface area contributed by atoms with Crippen LogP contribution in [-0.2, 0) is 12.8 Å². The van der Waals surface area contributed by atoms with Gasteiger partial charge in [0.1, 0.15) is 0 Å². The zero-order valence-electron chi connectivity index (χ0n) is 12.2. The van der Waals surface area contributed by atoms with Crippen LogP contribution >= 0.6 is 23.2 Å². The van der Waals surface area contributed by atoms with Crippen LogP contribution in [0.5, 0.6) is 0 Å². The number of aryl methyl sites for hydroxylation is 2. The summed E-state index contributed by atoms with van der Waals surface area (Å²) in [4.78, 5) is 0. The molecule has 0 heterocycles. The lowest BCUT2D eigenvalue weighted by Gasteiger charge is -2.16. The smallest absolute Gasteiger partial charge is 0.0838 e. The molecule has 0 amide bonds. The minimum Gasteiger partial charge on any atom is -0.113 e. The fraction of sp³-hybridized carbons (Fsp3) is 0.333. The van der Waals surface area contributed by atoms with Crippen LogP contribution in [0.4, 0.5) is 0 Å². The minimum absolute atomic E-state index is 0.148. The zero-order chi connectivity index (χ0) is 14.7. The normalized spacial score (nSPS) is 12.4. The zero-order valence-corrected chi connectivity index (χ0v) is 13.7. The third kappa shape index (κ3) is 3.02. The monoisotopic (exact) mass is 306 g/mol. The second-order valence-electron chi connectivity index (χ2n) is 5.05. The van der Waals surface area contributed by atoms with Gasteiger partial charge >= 0.3 is 0 Å². The molecule has 2 rings (SSSR count). The molecule has 0 spiro atoms. The van der Waals surface area contributed by atoms with E-state index in [4.69, 9.17) is 23.2 Å². The van der Waals surface area contributed by atoms with Crippen molar-refractivity contribution < 1.29 is 0 Å². The first-order valence-electron chi connectivity index (χ1n) is 7.09. The third-order valence-corrected chi connectivity index (χ3v) is 4.76. The molecule has 0 saturated heterocycles. The number of rotatable bonds is 4. The maximum absolute atomic E-state index is 6.67. The van der Waals surface area contributed by atoms with E-state index in [9.17, 15) is 0 Å². The maximum Gasteiger partial charge on any atom is 0.0838 e. The van der Waals surface area contributed by atoms with E-state index in [2.05, 4.69) is 38.1 Å². The summed E-state index contributed by atoms with van der Waals surface area (Å²) in [6, 6.07) is 12.5. The molecule has 2 heteroatoms. The van der Waals surface area contributed by atoms with Gasteiger partial charge in [-0.25, -0.2) is 0 Å². The summed E-state index contributed by atoms with van der Waals surface area (Å²) in [6.45, 7) is 6.40. The predicted octanol–water partition coefficient (Wildman–Crippen LogP) is 6.10. The number of hydrogen-bond donors (Lipinski definition) is 0. The van der Waals surface area contributed by atoms with Crippen molar-refractivity contribution >= 4 is 23.2 Å². The Morgan fingerprint density at radius 1 is 1.00 bits per heavy atom. The lowest BCUT2D eigenvalue weighted by atomic mass is 9.95. The molecule has 0 aliphatic rings. The van der Waals surface area contributed by atoms with E-state index in [1.807, 2.05) is 19.1 Å². The number of halogens is 2. The lowest BCUT2D eigenvalue weighted by Crippen LogP contribution is -2.00. The highest BCUT2D eigenvalue weighted by atomic mass is 35.5. The first-order valence-corrected chi connectivity index (χ1v) is 7.90. The highest BCUT2D eigenvalue weighted by Crippen LogP contribution is 2.34. The Balaban J connectivity index is 2.43. The molecule has 1 atom stereocenters. The molecule has 2 aromatic rings. The molecule has 0 bridgehead atoms. The summed E-state index contributed by atoms with van der Waals surface area (Å²) >= 11 is 12.9. The Hall–Kier alpha value is -0.980. The molecule has 2 aromatic carbocycles. The molecule has 20 heavy (non-hydrogen) atoms. The summed E-state index contributed by atoms with van der Waals surface area (Å²) in [5, 5.41) is 0.624. The maximum atomic E-state index is 6.67. The van der Waals surface area contributed by atoms with Gasteiger partial charge in [-0.05, 0) is 53.6 Å². The van der Waals surface area contributed by atoms with E-state index >= 15 is 0 Å². The van der Waals surface area contributed by atoms with Crippen LogP contribution in [0.15, 0.2) is 36.4 Å². The van der Waals surface area contributed by atoms with Crippen molar-refractivity contribution in [3.8, 4) is 0 Å². The summed E-state index contributed by atoms with van der Waals surface area (Å²) < 4.78 is 0. The van der Waals surface area contributed by atoms with E-state index in [0.717, 1.165) is 34.6 Å². The average molecular weight is 307 g/mol. The second kappa shape index (κ2) is 6.65. The van der Waals surface area contributed by atoms with E-state index in [1.165, 1.54) is 11.1 Å². The molecule has 0 N–H and O–H groups in total. The first kappa shape index (κ1) is 15.4. The average Bonchev–Trinajstić information content (AvgIpc) is 2.48. The number of benzene rings is 2. The van der Waals surface area contributed by atoms with Gasteiger partial charge in [0, 0.05) is 5.02 Å². The van der Waals surface area contributed by atoms with Crippen molar-refractivity contribution in [1.29, 1.82) is 0 Å². The number of alkyl halides is 1. The Morgan fingerprint density at radius 3 is 2.35 bits per heavy atom. The molecular weight excluding hydrogens is 287 g/mol. The first-order chi connectivity index (χ1) is 9.58. The van der Waals surface area contributed by atoms with Gasteiger partial charge in [0.15, 0.2) is 0 Å². The summed E-state index contributed by atoms with van der Waals surface area (Å²) in [7, 11) is 0. The van der Waals surface area contributed by atoms with E-state index in [1.54, 1.807) is 0 Å². The van der Waals surface area contributed by atoms with Crippen LogP contribution in [0.25, 0.3) is 0 Å². The van der Waals surface area contributed by atoms with Crippen molar-refractivity contribution in [1.82, 2.24) is 0 Å². The second-order valence-corrected chi connectivity index (χ2v) is 5.90. The lowest BCUT2D eigenvalue weighted by molar-refractivity contribution is 1.01. The molecule has 0 aliphatic heterocycles. The van der Waals surface area contributed by atoms with Gasteiger partial charge in [0.2, 0.25) is 0 Å². The van der Waals surface area contributed by atoms with Gasteiger partial charge in [0.05, 0.1) is 5.38 Å². The van der Waals surface area contributed by atoms with Gasteiger partial charge in [-0.1, -0.05) is 55.8 Å². The molecule has 1 unspecified atom stereocenters. The molecule has 0 aromatic heterocycles. The molecule has 0 nitrogen and oxygen atoms in total. The van der Waals surface area contributed by atoms with Crippen molar-refractivity contribution in [3.63, 3.8) is 0 Å². The molecule has 0 fully saturated rings. The SMILES string of the molecule is CCc1ccc(C(Cl)c2cccc(Cl)c2C)cc1CC. The molecule has 0 aliphatic carbocycles. The largest absolute Gasteiger partial charge is 0.113 e. The van der Waals surface area contributed by atoms with E-state index < -0.39 is 0 Å². The van der Waals surface area contributed by atoms with Gasteiger partial charge in [-0.3, -0.25) is 0 Å². The van der Waals surface area contributed by atoms with Crippen LogP contribution < -0.4 is 0 Å². The fourth-order valence-corrected chi connectivity index (χ4v) is 3.11. The minimum atomic E-state index is -0.148. The summed E-state index contributed by atoms with van der Waals surface area (Å²) in [5.74, 6) is 0. The summed E-state index contributed by atoms with van der Waals surface area (Å²) in [6.07, 6.45) is 2.10. The highest BCUT2D eigenvalue weighted by molar-refractivity contribution is 6.31. The molecule has 0 radical (unpaired) electrons. The summed E-state index contributed by atoms with van der Waals surface area (Å²) in [5.41, 5.74) is 6.08. The Morgan fingerprint density at radius 2 is 1.70 bits per heavy atom. The van der Waals surface area contributed by atoms with E-state index in [-0.39, 0.29) is 5.38 Å². The van der Waals surface area contributed by atoms with Gasteiger partial charge in [-0.15, -0.1) is 11.6 Å². The van der Waals surface area contributed by atoms with Crippen LogP contribution in [0.1, 0.15) is 47.0 Å². The molecular formula is C18H20Cl2. The standard InChI is InChI=1S/C18H20Cl2/c1-4-13-9-10-15(11-14(13)5-2)18(20)16-7-6-8-17(19)12(16)3/h6-11,18H,4-5H2,1-3H3. The van der Waals surface area contributed by atoms with Crippen LogP contribution in [0, 0.1) is 6.92 Å². The Labute approximate surface area is 131 Å². The predicted molar refractivity (Wildman–Crippen MR) is 89.1 cm³/mol. The number of hydrogen-bond acceptors (Lipinski definition) is 0. The fourth-order valence-electron chi connectivity index (χ4n) is 2.56. The Bertz CT molecular complexity index is 602. The topological polar surface area (TPSA) is 0 Å². The molecule has 0 saturated carbocycles. The Kier molecular flexibility index (Phi) is 5.12. The van der Waals surface area contributed by atoms with Crippen molar-refractivity contribution in [2.45, 2.75) is 39.0 Å². The van der Waals surface area contributed by atoms with Crippen LogP contribution in [-0.4, -0.2) is 0 Å². The third-order valence-electron chi connectivity index (χ3n) is 3.87. The van der Waals surface area contributed by atoms with Gasteiger partial charge in [-0.2, -0.15) is 0 Å². The van der Waals surface area contributed by atoms with Crippen LogP contribution in [0.3, 0.4) is 0 Å². The highest BCUT2D eigenvalue weighted by Gasteiger charge is 2.15. The molecule has 106 valence electrons. The van der Waals surface area contributed by atoms with Crippen molar-refractivity contribution in [3.05, 3.63) is 69.2 Å². The van der Waals surface area contributed by atoms with Gasteiger partial charge in [0.25, 0.3) is 0 Å². The van der Waals surface area contributed by atoms with Crippen LogP contribution in [0.2, 0.25) is 5.02 Å². The van der Waals surface area contributed by atoms with Gasteiger partial charge < -0.3 is 0 Å². The quantitative estimate of drug-likeness (QED) is 0.598.